The van der Waals surface area contributed by atoms with Crippen LogP contribution in [0.15, 0.2) is 0 Å². The first kappa shape index (κ1) is 10.8. The summed E-state index contributed by atoms with van der Waals surface area (Å²) in [6, 6.07) is 2.00. The van der Waals surface area contributed by atoms with Gasteiger partial charge < -0.3 is 10.0 Å². The number of hydrogen-bond acceptors (Lipinski definition) is 3. The lowest BCUT2D eigenvalue weighted by Gasteiger charge is -2.34. The summed E-state index contributed by atoms with van der Waals surface area (Å²) in [6.45, 7) is 4.31. The van der Waals surface area contributed by atoms with E-state index >= 15 is 0 Å². The molecule has 13 heavy (non-hydrogen) atoms. The summed E-state index contributed by atoms with van der Waals surface area (Å²) in [5.74, 6) is 0.288. The SMILES string of the molecule is CC1CN(CC(Cl)C#N)CCC1O. The van der Waals surface area contributed by atoms with Gasteiger partial charge in [-0.05, 0) is 12.3 Å². The number of nitriles is 1. The zero-order valence-electron chi connectivity index (χ0n) is 7.78. The molecule has 0 amide bonds. The lowest BCUT2D eigenvalue weighted by Crippen LogP contribution is -2.43. The van der Waals surface area contributed by atoms with Crippen LogP contribution < -0.4 is 0 Å². The predicted octanol–water partition coefficient (Wildman–Crippen LogP) is 0.820. The van der Waals surface area contributed by atoms with Crippen molar-refractivity contribution in [3.8, 4) is 6.07 Å². The van der Waals surface area contributed by atoms with Gasteiger partial charge in [0, 0.05) is 19.6 Å². The van der Waals surface area contributed by atoms with E-state index in [1.807, 2.05) is 13.0 Å². The molecule has 3 unspecified atom stereocenters. The highest BCUT2D eigenvalue weighted by atomic mass is 35.5. The molecule has 1 N–H and O–H groups in total. The van der Waals surface area contributed by atoms with E-state index in [2.05, 4.69) is 4.90 Å². The second kappa shape index (κ2) is 4.80. The fraction of sp³-hybridized carbons (Fsp3) is 0.889. The summed E-state index contributed by atoms with van der Waals surface area (Å²) < 4.78 is 0. The topological polar surface area (TPSA) is 47.3 Å². The van der Waals surface area contributed by atoms with E-state index in [4.69, 9.17) is 16.9 Å². The van der Waals surface area contributed by atoms with Gasteiger partial charge in [-0.15, -0.1) is 11.6 Å². The molecule has 1 rings (SSSR count). The monoisotopic (exact) mass is 202 g/mol. The fourth-order valence-electron chi connectivity index (χ4n) is 1.65. The summed E-state index contributed by atoms with van der Waals surface area (Å²) in [4.78, 5) is 2.14. The van der Waals surface area contributed by atoms with Gasteiger partial charge in [0.05, 0.1) is 12.2 Å². The van der Waals surface area contributed by atoms with Crippen LogP contribution in [0.2, 0.25) is 0 Å². The van der Waals surface area contributed by atoms with Crippen molar-refractivity contribution in [2.45, 2.75) is 24.8 Å². The van der Waals surface area contributed by atoms with Crippen LogP contribution in [-0.2, 0) is 0 Å². The van der Waals surface area contributed by atoms with Crippen LogP contribution in [0.1, 0.15) is 13.3 Å². The van der Waals surface area contributed by atoms with Crippen LogP contribution in [0.5, 0.6) is 0 Å². The highest BCUT2D eigenvalue weighted by molar-refractivity contribution is 6.22. The Morgan fingerprint density at radius 1 is 1.77 bits per heavy atom. The summed E-state index contributed by atoms with van der Waals surface area (Å²) in [7, 11) is 0. The number of rotatable bonds is 2. The number of piperidine rings is 1. The Morgan fingerprint density at radius 3 is 3.00 bits per heavy atom. The van der Waals surface area contributed by atoms with Crippen molar-refractivity contribution < 1.29 is 5.11 Å². The zero-order chi connectivity index (χ0) is 9.84. The van der Waals surface area contributed by atoms with Crippen molar-refractivity contribution in [1.82, 2.24) is 4.90 Å². The minimum Gasteiger partial charge on any atom is -0.393 e. The Kier molecular flexibility index (Phi) is 3.98. The number of aliphatic hydroxyl groups excluding tert-OH is 1. The fourth-order valence-corrected chi connectivity index (χ4v) is 1.85. The maximum Gasteiger partial charge on any atom is 0.133 e. The standard InChI is InChI=1S/C9H15ClN2O/c1-7-5-12(3-2-9(7)13)6-8(10)4-11/h7-9,13H,2-3,5-6H2,1H3. The maximum atomic E-state index is 9.46. The molecule has 0 bridgehead atoms. The quantitative estimate of drug-likeness (QED) is 0.675. The van der Waals surface area contributed by atoms with Crippen molar-refractivity contribution in [1.29, 1.82) is 5.26 Å². The lowest BCUT2D eigenvalue weighted by molar-refractivity contribution is 0.0363. The first-order valence-corrected chi connectivity index (χ1v) is 5.01. The molecule has 0 aromatic carbocycles. The Hall–Kier alpha value is -0.300. The van der Waals surface area contributed by atoms with E-state index in [0.29, 0.717) is 6.54 Å². The van der Waals surface area contributed by atoms with Crippen LogP contribution in [-0.4, -0.2) is 41.1 Å². The van der Waals surface area contributed by atoms with E-state index in [1.165, 1.54) is 0 Å². The molecule has 74 valence electrons. The lowest BCUT2D eigenvalue weighted by atomic mass is 9.97. The van der Waals surface area contributed by atoms with E-state index in [0.717, 1.165) is 19.5 Å². The van der Waals surface area contributed by atoms with Gasteiger partial charge in [-0.2, -0.15) is 5.26 Å². The number of halogens is 1. The molecule has 0 aromatic rings. The Morgan fingerprint density at radius 2 is 2.46 bits per heavy atom. The highest BCUT2D eigenvalue weighted by Crippen LogP contribution is 2.17. The Bertz CT molecular complexity index is 204. The van der Waals surface area contributed by atoms with Gasteiger partial charge in [0.15, 0.2) is 0 Å². The Balaban J connectivity index is 2.34. The first-order chi connectivity index (χ1) is 6.13. The van der Waals surface area contributed by atoms with Crippen molar-refractivity contribution >= 4 is 11.6 Å². The minimum absolute atomic E-state index is 0.188. The van der Waals surface area contributed by atoms with Crippen LogP contribution >= 0.6 is 11.6 Å². The second-order valence-electron chi connectivity index (χ2n) is 3.69. The average Bonchev–Trinajstić information content (AvgIpc) is 2.11. The van der Waals surface area contributed by atoms with Crippen molar-refractivity contribution in [3.05, 3.63) is 0 Å². The molecule has 3 nitrogen and oxygen atoms in total. The molecule has 0 spiro atoms. The Labute approximate surface area is 83.9 Å². The normalized spacial score (nSPS) is 32.5. The number of nitrogens with zero attached hydrogens (tertiary/aromatic N) is 2. The van der Waals surface area contributed by atoms with Crippen LogP contribution in [0.3, 0.4) is 0 Å². The summed E-state index contributed by atoms with van der Waals surface area (Å²) in [6.07, 6.45) is 0.600. The van der Waals surface area contributed by atoms with Crippen molar-refractivity contribution in [2.75, 3.05) is 19.6 Å². The van der Waals surface area contributed by atoms with Gasteiger partial charge in [-0.3, -0.25) is 0 Å². The second-order valence-corrected chi connectivity index (χ2v) is 4.22. The molecule has 0 aromatic heterocycles. The van der Waals surface area contributed by atoms with E-state index in [1.54, 1.807) is 0 Å². The molecule has 3 atom stereocenters. The third-order valence-corrected chi connectivity index (χ3v) is 2.74. The molecule has 1 heterocycles. The molecule has 1 fully saturated rings. The average molecular weight is 203 g/mol. The number of hydrogen-bond donors (Lipinski definition) is 1. The smallest absolute Gasteiger partial charge is 0.133 e. The molecule has 1 aliphatic heterocycles. The van der Waals surface area contributed by atoms with Gasteiger partial charge >= 0.3 is 0 Å². The van der Waals surface area contributed by atoms with E-state index in [9.17, 15) is 5.11 Å². The first-order valence-electron chi connectivity index (χ1n) is 4.57. The van der Waals surface area contributed by atoms with Gasteiger partial charge in [0.1, 0.15) is 5.38 Å². The number of likely N-dealkylation sites (tertiary alicyclic amines) is 1. The molecule has 1 saturated heterocycles. The predicted molar refractivity (Wildman–Crippen MR) is 51.5 cm³/mol. The van der Waals surface area contributed by atoms with Gasteiger partial charge in [0.25, 0.3) is 0 Å². The van der Waals surface area contributed by atoms with Crippen molar-refractivity contribution in [2.24, 2.45) is 5.92 Å². The van der Waals surface area contributed by atoms with Gasteiger partial charge in [0.2, 0.25) is 0 Å². The molecule has 0 radical (unpaired) electrons. The molecule has 0 aliphatic carbocycles. The molecular weight excluding hydrogens is 188 g/mol. The third-order valence-electron chi connectivity index (χ3n) is 2.50. The number of alkyl halides is 1. The van der Waals surface area contributed by atoms with E-state index < -0.39 is 5.38 Å². The highest BCUT2D eigenvalue weighted by Gasteiger charge is 2.25. The molecule has 4 heteroatoms. The number of aliphatic hydroxyl groups is 1. The van der Waals surface area contributed by atoms with Gasteiger partial charge in [-0.1, -0.05) is 6.92 Å². The summed E-state index contributed by atoms with van der Waals surface area (Å²) in [5, 5.41) is 17.6. The van der Waals surface area contributed by atoms with Crippen LogP contribution in [0, 0.1) is 17.2 Å². The summed E-state index contributed by atoms with van der Waals surface area (Å²) in [5.41, 5.74) is 0. The molecular formula is C9H15ClN2O. The summed E-state index contributed by atoms with van der Waals surface area (Å²) >= 11 is 5.72. The van der Waals surface area contributed by atoms with Crippen LogP contribution in [0.4, 0.5) is 0 Å². The van der Waals surface area contributed by atoms with E-state index in [-0.39, 0.29) is 12.0 Å². The largest absolute Gasteiger partial charge is 0.393 e. The minimum atomic E-state index is -0.428. The van der Waals surface area contributed by atoms with Crippen molar-refractivity contribution in [3.63, 3.8) is 0 Å². The molecule has 1 aliphatic rings. The maximum absolute atomic E-state index is 9.46. The third kappa shape index (κ3) is 3.15. The zero-order valence-corrected chi connectivity index (χ0v) is 8.54. The molecule has 0 saturated carbocycles. The van der Waals surface area contributed by atoms with Crippen LogP contribution in [0.25, 0.3) is 0 Å². The van der Waals surface area contributed by atoms with Gasteiger partial charge in [-0.25, -0.2) is 0 Å².